The van der Waals surface area contributed by atoms with E-state index >= 15 is 0 Å². The molecule has 3 aromatic rings. The molecule has 0 unspecified atom stereocenters. The number of H-pyrrole nitrogens is 1. The Morgan fingerprint density at radius 1 is 1.03 bits per heavy atom. The lowest BCUT2D eigenvalue weighted by Gasteiger charge is -2.17. The summed E-state index contributed by atoms with van der Waals surface area (Å²) >= 11 is 0. The monoisotopic (exact) mass is 451 g/mol. The van der Waals surface area contributed by atoms with Gasteiger partial charge in [0, 0.05) is 27.7 Å². The van der Waals surface area contributed by atoms with Crippen LogP contribution >= 0.6 is 0 Å². The van der Waals surface area contributed by atoms with Crippen molar-refractivity contribution < 1.29 is 9.90 Å². The summed E-state index contributed by atoms with van der Waals surface area (Å²) < 4.78 is 1.05. The normalized spacial score (nSPS) is 11.7. The van der Waals surface area contributed by atoms with Gasteiger partial charge in [0.2, 0.25) is 0 Å². The first-order chi connectivity index (χ1) is 15.8. The molecule has 0 atom stereocenters. The molecule has 1 aliphatic carbocycles. The molecule has 9 heteroatoms. The molecular weight excluding hydrogens is 422 g/mol. The van der Waals surface area contributed by atoms with E-state index in [0.29, 0.717) is 6.54 Å². The van der Waals surface area contributed by atoms with Crippen LogP contribution in [-0.4, -0.2) is 39.8 Å². The third kappa shape index (κ3) is 6.03. The number of aromatic nitrogens is 2. The number of aryl methyl sites for hydroxylation is 1. The SMILES string of the molecule is C1CC1.CN(C)C(=O)c1cccc(Nc2c(NCc3ccccc3)c(=O)[nH]n(C)c2=O)c1O. The number of carbonyl (C=O) groups excluding carboxylic acids is 1. The van der Waals surface area contributed by atoms with Gasteiger partial charge in [0.15, 0.2) is 5.75 Å². The molecule has 0 spiro atoms. The molecule has 4 rings (SSSR count). The van der Waals surface area contributed by atoms with E-state index in [-0.39, 0.29) is 28.4 Å². The number of aromatic amines is 1. The third-order valence-corrected chi connectivity index (χ3v) is 4.86. The quantitative estimate of drug-likeness (QED) is 0.428. The fourth-order valence-electron chi connectivity index (χ4n) is 2.91. The van der Waals surface area contributed by atoms with Crippen LogP contribution < -0.4 is 21.8 Å². The molecule has 0 radical (unpaired) electrons. The van der Waals surface area contributed by atoms with Crippen molar-refractivity contribution in [1.82, 2.24) is 14.7 Å². The van der Waals surface area contributed by atoms with E-state index in [1.807, 2.05) is 30.3 Å². The minimum absolute atomic E-state index is 0.0330. The van der Waals surface area contributed by atoms with Gasteiger partial charge < -0.3 is 20.6 Å². The summed E-state index contributed by atoms with van der Waals surface area (Å²) in [6, 6.07) is 14.0. The number of phenols is 1. The van der Waals surface area contributed by atoms with Crippen LogP contribution in [0.5, 0.6) is 5.75 Å². The Bertz CT molecular complexity index is 1230. The largest absolute Gasteiger partial charge is 0.505 e. The molecule has 2 aromatic carbocycles. The van der Waals surface area contributed by atoms with Gasteiger partial charge in [-0.3, -0.25) is 24.2 Å². The molecule has 1 amide bonds. The number of hydrogen-bond donors (Lipinski definition) is 4. The highest BCUT2D eigenvalue weighted by atomic mass is 16.3. The van der Waals surface area contributed by atoms with Crippen LogP contribution in [0.25, 0.3) is 0 Å². The zero-order chi connectivity index (χ0) is 24.0. The molecule has 1 aromatic heterocycles. The van der Waals surface area contributed by atoms with E-state index < -0.39 is 17.0 Å². The van der Waals surface area contributed by atoms with E-state index in [2.05, 4.69) is 15.7 Å². The number of benzene rings is 2. The molecule has 4 N–H and O–H groups in total. The van der Waals surface area contributed by atoms with Crippen LogP contribution in [0.15, 0.2) is 58.1 Å². The van der Waals surface area contributed by atoms with Crippen LogP contribution in [0.1, 0.15) is 35.2 Å². The number of para-hydroxylation sites is 1. The van der Waals surface area contributed by atoms with Gasteiger partial charge in [0.05, 0.1) is 11.3 Å². The predicted octanol–water partition coefficient (Wildman–Crippen LogP) is 3.01. The zero-order valence-corrected chi connectivity index (χ0v) is 19.0. The number of phenolic OH excluding ortho intramolecular Hbond substituents is 1. The van der Waals surface area contributed by atoms with Crippen molar-refractivity contribution >= 4 is 23.0 Å². The standard InChI is InChI=1S/C21H23N5O4.C3H6/c1-25(2)20(29)14-10-7-11-15(18(14)27)23-17-16(19(28)24-26(3)21(17)30)22-12-13-8-5-4-6-9-13;1-2-3-1/h4-11,22-23,27H,12H2,1-3H3,(H,24,28);1-3H2. The second kappa shape index (κ2) is 10.5. The lowest BCUT2D eigenvalue weighted by Crippen LogP contribution is -2.31. The Kier molecular flexibility index (Phi) is 7.55. The van der Waals surface area contributed by atoms with Crippen LogP contribution in [-0.2, 0) is 13.6 Å². The van der Waals surface area contributed by atoms with E-state index in [1.165, 1.54) is 43.3 Å². The number of aromatic hydroxyl groups is 1. The van der Waals surface area contributed by atoms with Crippen LogP contribution in [0.3, 0.4) is 0 Å². The minimum atomic E-state index is -0.506. The maximum atomic E-state index is 12.7. The zero-order valence-electron chi connectivity index (χ0n) is 19.0. The lowest BCUT2D eigenvalue weighted by molar-refractivity contribution is 0.0824. The number of anilines is 3. The number of hydrogen-bond acceptors (Lipinski definition) is 6. The van der Waals surface area contributed by atoms with Gasteiger partial charge in [-0.1, -0.05) is 55.7 Å². The summed E-state index contributed by atoms with van der Waals surface area (Å²) in [6.07, 6.45) is 4.50. The number of nitrogens with one attached hydrogen (secondary N) is 3. The smallest absolute Gasteiger partial charge is 0.290 e. The first kappa shape index (κ1) is 23.6. The van der Waals surface area contributed by atoms with Crippen molar-refractivity contribution in [2.45, 2.75) is 25.8 Å². The molecule has 0 aliphatic heterocycles. The average molecular weight is 452 g/mol. The second-order valence-corrected chi connectivity index (χ2v) is 7.98. The molecule has 1 aliphatic rings. The fourth-order valence-corrected chi connectivity index (χ4v) is 2.91. The van der Waals surface area contributed by atoms with Crippen molar-refractivity contribution in [2.75, 3.05) is 24.7 Å². The van der Waals surface area contributed by atoms with Gasteiger partial charge >= 0.3 is 0 Å². The molecule has 174 valence electrons. The highest BCUT2D eigenvalue weighted by Gasteiger charge is 2.19. The molecule has 1 fully saturated rings. The summed E-state index contributed by atoms with van der Waals surface area (Å²) in [4.78, 5) is 38.9. The molecular formula is C24H29N5O4. The van der Waals surface area contributed by atoms with Crippen molar-refractivity contribution in [1.29, 1.82) is 0 Å². The summed E-state index contributed by atoms with van der Waals surface area (Å²) in [7, 11) is 4.56. The summed E-state index contributed by atoms with van der Waals surface area (Å²) in [5.41, 5.74) is 0.112. The van der Waals surface area contributed by atoms with Gasteiger partial charge in [-0.05, 0) is 17.7 Å². The second-order valence-electron chi connectivity index (χ2n) is 7.98. The molecule has 0 bridgehead atoms. The Morgan fingerprint density at radius 2 is 1.70 bits per heavy atom. The number of rotatable bonds is 6. The first-order valence-corrected chi connectivity index (χ1v) is 10.7. The summed E-state index contributed by atoms with van der Waals surface area (Å²) in [6.45, 7) is 0.316. The lowest BCUT2D eigenvalue weighted by atomic mass is 10.1. The Hall–Kier alpha value is -4.01. The Morgan fingerprint density at radius 3 is 2.30 bits per heavy atom. The minimum Gasteiger partial charge on any atom is -0.505 e. The van der Waals surface area contributed by atoms with Gasteiger partial charge in [0.1, 0.15) is 11.4 Å². The van der Waals surface area contributed by atoms with Gasteiger partial charge in [-0.2, -0.15) is 0 Å². The molecule has 1 saturated carbocycles. The molecule has 1 heterocycles. The summed E-state index contributed by atoms with van der Waals surface area (Å²) in [5, 5.41) is 18.8. The van der Waals surface area contributed by atoms with Crippen molar-refractivity contribution in [3.05, 3.63) is 80.4 Å². The van der Waals surface area contributed by atoms with Gasteiger partial charge in [0.25, 0.3) is 17.0 Å². The Labute approximate surface area is 191 Å². The fraction of sp³-hybridized carbons (Fsp3) is 0.292. The molecule has 9 nitrogen and oxygen atoms in total. The third-order valence-electron chi connectivity index (χ3n) is 4.86. The van der Waals surface area contributed by atoms with E-state index in [9.17, 15) is 19.5 Å². The maximum Gasteiger partial charge on any atom is 0.290 e. The average Bonchev–Trinajstić information content (AvgIpc) is 3.68. The van der Waals surface area contributed by atoms with Crippen molar-refractivity contribution in [3.63, 3.8) is 0 Å². The van der Waals surface area contributed by atoms with Gasteiger partial charge in [-0.25, -0.2) is 0 Å². The van der Waals surface area contributed by atoms with Crippen molar-refractivity contribution in [2.24, 2.45) is 7.05 Å². The predicted molar refractivity (Wildman–Crippen MR) is 129 cm³/mol. The van der Waals surface area contributed by atoms with Crippen LogP contribution in [0.2, 0.25) is 0 Å². The number of nitrogens with zero attached hydrogens (tertiary/aromatic N) is 2. The van der Waals surface area contributed by atoms with Gasteiger partial charge in [-0.15, -0.1) is 0 Å². The maximum absolute atomic E-state index is 12.7. The number of carbonyl (C=O) groups is 1. The Balaban J connectivity index is 0.000000942. The molecule has 0 saturated heterocycles. The topological polar surface area (TPSA) is 119 Å². The van der Waals surface area contributed by atoms with Crippen LogP contribution in [0, 0.1) is 0 Å². The first-order valence-electron chi connectivity index (χ1n) is 10.7. The molecule has 33 heavy (non-hydrogen) atoms. The van der Waals surface area contributed by atoms with E-state index in [1.54, 1.807) is 20.2 Å². The highest BCUT2D eigenvalue weighted by Crippen LogP contribution is 2.31. The van der Waals surface area contributed by atoms with Crippen LogP contribution in [0.4, 0.5) is 17.1 Å². The van der Waals surface area contributed by atoms with E-state index in [0.717, 1.165) is 10.2 Å². The number of amides is 1. The highest BCUT2D eigenvalue weighted by molar-refractivity contribution is 5.98. The summed E-state index contributed by atoms with van der Waals surface area (Å²) in [5.74, 6) is -0.704. The van der Waals surface area contributed by atoms with Crippen molar-refractivity contribution in [3.8, 4) is 5.75 Å². The van der Waals surface area contributed by atoms with E-state index in [4.69, 9.17) is 0 Å².